The van der Waals surface area contributed by atoms with Gasteiger partial charge in [-0.05, 0) is 32.5 Å². The first-order valence-electron chi connectivity index (χ1n) is 9.39. The predicted molar refractivity (Wildman–Crippen MR) is 108 cm³/mol. The highest BCUT2D eigenvalue weighted by atomic mass is 32.2. The molecule has 0 saturated carbocycles. The molecule has 1 aromatic rings. The van der Waals surface area contributed by atoms with Gasteiger partial charge in [-0.15, -0.1) is 0 Å². The Balaban J connectivity index is 2.34. The Labute approximate surface area is 166 Å². The van der Waals surface area contributed by atoms with Gasteiger partial charge in [-0.25, -0.2) is 8.42 Å². The second kappa shape index (κ2) is 9.64. The third-order valence-corrected chi connectivity index (χ3v) is 6.70. The van der Waals surface area contributed by atoms with Crippen molar-refractivity contribution >= 4 is 21.4 Å². The predicted octanol–water partition coefficient (Wildman–Crippen LogP) is 2.00. The van der Waals surface area contributed by atoms with Crippen LogP contribution in [-0.4, -0.2) is 75.5 Å². The van der Waals surface area contributed by atoms with Crippen molar-refractivity contribution in [1.82, 2.24) is 9.21 Å². The maximum absolute atomic E-state index is 13.1. The highest BCUT2D eigenvalue weighted by Crippen LogP contribution is 2.29. The molecule has 1 heterocycles. The summed E-state index contributed by atoms with van der Waals surface area (Å²) in [6.45, 7) is 5.90. The maximum atomic E-state index is 13.1. The number of hydrogen-bond acceptors (Lipinski definition) is 7. The SMILES string of the molecule is CC(C)C[C@@H](CNc1ccc([N+](=O)[O-])cc1S(=O)(=O)N1CCOCC1)N(C)C. The number of anilines is 1. The number of nitrogens with one attached hydrogen (secondary N) is 1. The number of benzene rings is 1. The minimum Gasteiger partial charge on any atom is -0.382 e. The summed E-state index contributed by atoms with van der Waals surface area (Å²) in [5, 5.41) is 14.4. The third-order valence-electron chi connectivity index (χ3n) is 4.77. The van der Waals surface area contributed by atoms with E-state index in [1.807, 2.05) is 14.1 Å². The number of likely N-dealkylation sites (N-methyl/N-ethyl adjacent to an activating group) is 1. The summed E-state index contributed by atoms with van der Waals surface area (Å²) in [4.78, 5) is 12.6. The van der Waals surface area contributed by atoms with E-state index in [2.05, 4.69) is 24.1 Å². The highest BCUT2D eigenvalue weighted by Gasteiger charge is 2.30. The Bertz CT molecular complexity index is 776. The summed E-state index contributed by atoms with van der Waals surface area (Å²) in [6, 6.07) is 4.15. The molecular formula is C18H30N4O5S. The van der Waals surface area contributed by atoms with Gasteiger partial charge in [-0.2, -0.15) is 4.31 Å². The lowest BCUT2D eigenvalue weighted by molar-refractivity contribution is -0.385. The standard InChI is InChI=1S/C18H30N4O5S/c1-14(2)11-16(20(3)4)13-19-17-6-5-15(22(23)24)12-18(17)28(25,26)21-7-9-27-10-8-21/h5-6,12,14,16,19H,7-11,13H2,1-4H3/t16-/m0/s1. The van der Waals surface area contributed by atoms with Gasteiger partial charge in [0.2, 0.25) is 10.0 Å². The molecule has 1 fully saturated rings. The van der Waals surface area contributed by atoms with E-state index in [4.69, 9.17) is 4.74 Å². The lowest BCUT2D eigenvalue weighted by Crippen LogP contribution is -2.41. The van der Waals surface area contributed by atoms with Crippen LogP contribution in [0.15, 0.2) is 23.1 Å². The topological polar surface area (TPSA) is 105 Å². The van der Waals surface area contributed by atoms with E-state index in [1.165, 1.54) is 16.4 Å². The van der Waals surface area contributed by atoms with Crippen LogP contribution in [-0.2, 0) is 14.8 Å². The summed E-state index contributed by atoms with van der Waals surface area (Å²) in [6.07, 6.45) is 0.943. The van der Waals surface area contributed by atoms with Crippen LogP contribution in [0.1, 0.15) is 20.3 Å². The van der Waals surface area contributed by atoms with Crippen LogP contribution in [0, 0.1) is 16.0 Å². The van der Waals surface area contributed by atoms with Crippen LogP contribution in [0.5, 0.6) is 0 Å². The number of nitro benzene ring substituents is 1. The van der Waals surface area contributed by atoms with Crippen molar-refractivity contribution in [3.63, 3.8) is 0 Å². The summed E-state index contributed by atoms with van der Waals surface area (Å²) in [5.41, 5.74) is 0.136. The van der Waals surface area contributed by atoms with Gasteiger partial charge in [0.05, 0.1) is 23.8 Å². The molecule has 1 saturated heterocycles. The van der Waals surface area contributed by atoms with Gasteiger partial charge < -0.3 is 15.0 Å². The fourth-order valence-corrected chi connectivity index (χ4v) is 4.75. The van der Waals surface area contributed by atoms with Crippen LogP contribution in [0.3, 0.4) is 0 Å². The first-order valence-corrected chi connectivity index (χ1v) is 10.8. The van der Waals surface area contributed by atoms with E-state index in [-0.39, 0.29) is 29.7 Å². The average molecular weight is 415 g/mol. The zero-order chi connectivity index (χ0) is 20.9. The molecule has 10 heteroatoms. The quantitative estimate of drug-likeness (QED) is 0.487. The monoisotopic (exact) mass is 414 g/mol. The highest BCUT2D eigenvalue weighted by molar-refractivity contribution is 7.89. The molecule has 0 amide bonds. The van der Waals surface area contributed by atoms with Crippen molar-refractivity contribution < 1.29 is 18.1 Å². The molecule has 1 aliphatic rings. The van der Waals surface area contributed by atoms with Gasteiger partial charge in [0.15, 0.2) is 0 Å². The Morgan fingerprint density at radius 1 is 1.29 bits per heavy atom. The third kappa shape index (κ3) is 5.63. The van der Waals surface area contributed by atoms with Gasteiger partial charge in [0.25, 0.3) is 5.69 Å². The van der Waals surface area contributed by atoms with Crippen molar-refractivity contribution in [2.24, 2.45) is 5.92 Å². The van der Waals surface area contributed by atoms with E-state index < -0.39 is 14.9 Å². The second-order valence-electron chi connectivity index (χ2n) is 7.58. The Kier molecular flexibility index (Phi) is 7.76. The van der Waals surface area contributed by atoms with Gasteiger partial charge in [-0.1, -0.05) is 13.8 Å². The first kappa shape index (κ1) is 22.5. The van der Waals surface area contributed by atoms with Gasteiger partial charge >= 0.3 is 0 Å². The molecule has 0 unspecified atom stereocenters. The van der Waals surface area contributed by atoms with Gasteiger partial charge in [-0.3, -0.25) is 10.1 Å². The molecule has 0 radical (unpaired) electrons. The number of non-ortho nitro benzene ring substituents is 1. The van der Waals surface area contributed by atoms with E-state index in [9.17, 15) is 18.5 Å². The average Bonchev–Trinajstić information content (AvgIpc) is 2.65. The van der Waals surface area contributed by atoms with Gasteiger partial charge in [0, 0.05) is 37.8 Å². The van der Waals surface area contributed by atoms with Crippen LogP contribution < -0.4 is 5.32 Å². The zero-order valence-corrected chi connectivity index (χ0v) is 17.7. The molecule has 1 N–H and O–H groups in total. The van der Waals surface area contributed by atoms with Crippen molar-refractivity contribution in [3.8, 4) is 0 Å². The molecule has 0 spiro atoms. The number of hydrogen-bond donors (Lipinski definition) is 1. The van der Waals surface area contributed by atoms with Crippen LogP contribution in [0.25, 0.3) is 0 Å². The molecule has 0 bridgehead atoms. The van der Waals surface area contributed by atoms with E-state index in [0.29, 0.717) is 31.4 Å². The fraction of sp³-hybridized carbons (Fsp3) is 0.667. The number of ether oxygens (including phenoxy) is 1. The maximum Gasteiger partial charge on any atom is 0.270 e. The van der Waals surface area contributed by atoms with Crippen molar-refractivity contribution in [1.29, 1.82) is 0 Å². The smallest absolute Gasteiger partial charge is 0.270 e. The Morgan fingerprint density at radius 3 is 2.46 bits per heavy atom. The molecular weight excluding hydrogens is 384 g/mol. The van der Waals surface area contributed by atoms with Crippen LogP contribution in [0.2, 0.25) is 0 Å². The lowest BCUT2D eigenvalue weighted by Gasteiger charge is -2.29. The fourth-order valence-electron chi connectivity index (χ4n) is 3.16. The number of sulfonamides is 1. The summed E-state index contributed by atoms with van der Waals surface area (Å²) in [5.74, 6) is 0.489. The van der Waals surface area contributed by atoms with Crippen LogP contribution in [0.4, 0.5) is 11.4 Å². The summed E-state index contributed by atoms with van der Waals surface area (Å²) in [7, 11) is 0.0971. The molecule has 1 atom stereocenters. The van der Waals surface area contributed by atoms with Gasteiger partial charge in [0.1, 0.15) is 4.90 Å². The van der Waals surface area contributed by atoms with Crippen molar-refractivity contribution in [2.75, 3.05) is 52.3 Å². The van der Waals surface area contributed by atoms with Crippen LogP contribution >= 0.6 is 0 Å². The number of morpholine rings is 1. The number of rotatable bonds is 9. The van der Waals surface area contributed by atoms with Crippen molar-refractivity contribution in [2.45, 2.75) is 31.2 Å². The number of nitro groups is 1. The molecule has 0 aliphatic carbocycles. The molecule has 28 heavy (non-hydrogen) atoms. The minimum atomic E-state index is -3.87. The largest absolute Gasteiger partial charge is 0.382 e. The molecule has 1 aliphatic heterocycles. The molecule has 0 aromatic heterocycles. The van der Waals surface area contributed by atoms with E-state index >= 15 is 0 Å². The Morgan fingerprint density at radius 2 is 1.93 bits per heavy atom. The van der Waals surface area contributed by atoms with Crippen molar-refractivity contribution in [3.05, 3.63) is 28.3 Å². The normalized spacial score (nSPS) is 17.1. The Hall–Kier alpha value is -1.75. The zero-order valence-electron chi connectivity index (χ0n) is 16.9. The van der Waals surface area contributed by atoms with E-state index in [0.717, 1.165) is 12.5 Å². The van der Waals surface area contributed by atoms with E-state index in [1.54, 1.807) is 0 Å². The summed E-state index contributed by atoms with van der Waals surface area (Å²) >= 11 is 0. The molecule has 2 rings (SSSR count). The lowest BCUT2D eigenvalue weighted by atomic mass is 10.0. The summed E-state index contributed by atoms with van der Waals surface area (Å²) < 4.78 is 32.8. The molecule has 1 aromatic carbocycles. The molecule has 9 nitrogen and oxygen atoms in total. The molecule has 158 valence electrons. The minimum absolute atomic E-state index is 0.0642. The number of nitrogens with zero attached hydrogens (tertiary/aromatic N) is 3. The first-order chi connectivity index (χ1) is 13.1. The second-order valence-corrected chi connectivity index (χ2v) is 9.49.